The Morgan fingerprint density at radius 2 is 1.74 bits per heavy atom. The van der Waals surface area contributed by atoms with Crippen LogP contribution < -0.4 is 24.5 Å². The molecule has 11 nitrogen and oxygen atoms in total. The van der Waals surface area contributed by atoms with E-state index in [1.807, 2.05) is 36.6 Å². The van der Waals surface area contributed by atoms with Crippen LogP contribution in [0.4, 0.5) is 0 Å². The molecule has 3 heterocycles. The van der Waals surface area contributed by atoms with Gasteiger partial charge in [0.15, 0.2) is 29.6 Å². The van der Waals surface area contributed by atoms with Crippen molar-refractivity contribution in [1.29, 1.82) is 0 Å². The van der Waals surface area contributed by atoms with Crippen LogP contribution in [-0.2, 0) is 22.6 Å². The lowest BCUT2D eigenvalue weighted by atomic mass is 10.1. The third kappa shape index (κ3) is 5.02. The number of hydrogen-bond acceptors (Lipinski definition) is 9. The first-order valence-corrected chi connectivity index (χ1v) is 12.1. The van der Waals surface area contributed by atoms with E-state index in [1.54, 1.807) is 12.1 Å². The van der Waals surface area contributed by atoms with Crippen LogP contribution in [0.2, 0.25) is 0 Å². The summed E-state index contributed by atoms with van der Waals surface area (Å²) in [6, 6.07) is 10.6. The molecule has 0 amide bonds. The molecule has 0 atom stereocenters. The lowest BCUT2D eigenvalue weighted by Crippen LogP contribution is -2.27. The van der Waals surface area contributed by atoms with Crippen molar-refractivity contribution in [3.63, 3.8) is 0 Å². The van der Waals surface area contributed by atoms with E-state index in [0.29, 0.717) is 40.6 Å². The maximum absolute atomic E-state index is 12.9. The number of hydrogen-bond donors (Lipinski definition) is 0. The molecule has 2 aromatic carbocycles. The lowest BCUT2D eigenvalue weighted by molar-refractivity contribution is -0.143. The number of methoxy groups -OCH3 is 2. The van der Waals surface area contributed by atoms with E-state index in [9.17, 15) is 14.4 Å². The molecule has 0 spiro atoms. The minimum Gasteiger partial charge on any atom is -0.493 e. The van der Waals surface area contributed by atoms with Gasteiger partial charge in [0, 0.05) is 29.6 Å². The maximum atomic E-state index is 12.9. The highest BCUT2D eigenvalue weighted by molar-refractivity contribution is 5.99. The van der Waals surface area contributed by atoms with Crippen molar-refractivity contribution in [2.45, 2.75) is 26.9 Å². The van der Waals surface area contributed by atoms with Gasteiger partial charge in [0.05, 0.1) is 31.4 Å². The highest BCUT2D eigenvalue weighted by Crippen LogP contribution is 2.33. The zero-order valence-corrected chi connectivity index (χ0v) is 22.0. The summed E-state index contributed by atoms with van der Waals surface area (Å²) in [6.07, 6.45) is 1.25. The molecule has 0 aliphatic carbocycles. The number of aryl methyl sites for hydroxylation is 1. The van der Waals surface area contributed by atoms with Gasteiger partial charge in [-0.15, -0.1) is 0 Å². The van der Waals surface area contributed by atoms with E-state index in [-0.39, 0.29) is 18.0 Å². The van der Waals surface area contributed by atoms with Gasteiger partial charge >= 0.3 is 5.97 Å². The predicted octanol–water partition coefficient (Wildman–Crippen LogP) is 3.04. The molecule has 11 heteroatoms. The summed E-state index contributed by atoms with van der Waals surface area (Å²) in [5, 5.41) is 0.258. The molecule has 0 saturated carbocycles. The molecular formula is C28H27N3O8. The van der Waals surface area contributed by atoms with Crippen LogP contribution in [0.15, 0.2) is 47.5 Å². The number of rotatable bonds is 9. The van der Waals surface area contributed by atoms with Gasteiger partial charge < -0.3 is 28.3 Å². The summed E-state index contributed by atoms with van der Waals surface area (Å²) in [4.78, 5) is 42.6. The van der Waals surface area contributed by atoms with Crippen molar-refractivity contribution in [2.24, 2.45) is 0 Å². The first-order valence-electron chi connectivity index (χ1n) is 12.1. The van der Waals surface area contributed by atoms with Gasteiger partial charge in [0.1, 0.15) is 6.54 Å². The number of Topliss-reactive ketones (excluding diaryl/α,β-unsaturated/α-hetero) is 1. The van der Waals surface area contributed by atoms with Crippen molar-refractivity contribution < 1.29 is 33.3 Å². The number of carbonyl (C=O) groups is 2. The second kappa shape index (κ2) is 10.5. The molecule has 0 bridgehead atoms. The third-order valence-corrected chi connectivity index (χ3v) is 6.64. The number of ketones is 1. The van der Waals surface area contributed by atoms with Crippen LogP contribution in [0.3, 0.4) is 0 Å². The van der Waals surface area contributed by atoms with Gasteiger partial charge in [0.25, 0.3) is 5.56 Å². The average Bonchev–Trinajstić information content (AvgIpc) is 3.52. The maximum Gasteiger partial charge on any atom is 0.326 e. The van der Waals surface area contributed by atoms with Crippen LogP contribution in [0, 0.1) is 13.8 Å². The predicted molar refractivity (Wildman–Crippen MR) is 140 cm³/mol. The minimum atomic E-state index is -0.735. The van der Waals surface area contributed by atoms with Crippen molar-refractivity contribution in [3.05, 3.63) is 75.6 Å². The topological polar surface area (TPSA) is 120 Å². The fourth-order valence-corrected chi connectivity index (χ4v) is 4.56. The van der Waals surface area contributed by atoms with E-state index in [1.165, 1.54) is 26.6 Å². The number of ether oxygens (including phenoxy) is 5. The summed E-state index contributed by atoms with van der Waals surface area (Å²) in [5.41, 5.74) is 3.06. The second-order valence-corrected chi connectivity index (χ2v) is 9.04. The van der Waals surface area contributed by atoms with Crippen LogP contribution in [0.1, 0.15) is 27.3 Å². The first-order chi connectivity index (χ1) is 18.8. The smallest absolute Gasteiger partial charge is 0.326 e. The molecule has 1 aliphatic rings. The summed E-state index contributed by atoms with van der Waals surface area (Å²) in [7, 11) is 2.95. The number of nitrogens with zero attached hydrogens (tertiary/aromatic N) is 3. The van der Waals surface area contributed by atoms with E-state index in [2.05, 4.69) is 4.98 Å². The Labute approximate surface area is 223 Å². The van der Waals surface area contributed by atoms with Gasteiger partial charge in [-0.1, -0.05) is 6.07 Å². The van der Waals surface area contributed by atoms with Gasteiger partial charge in [0.2, 0.25) is 12.6 Å². The Hall–Kier alpha value is -4.80. The van der Waals surface area contributed by atoms with E-state index in [4.69, 9.17) is 23.7 Å². The largest absolute Gasteiger partial charge is 0.493 e. The SMILES string of the molecule is COc1cc2ncn(CC(=O)OCC(=O)c3cc(C)n(Cc4ccc5c(c4)OCO5)c3C)c(=O)c2cc1OC. The monoisotopic (exact) mass is 533 g/mol. The Morgan fingerprint density at radius 3 is 2.51 bits per heavy atom. The normalized spacial score (nSPS) is 12.0. The van der Waals surface area contributed by atoms with Gasteiger partial charge in [-0.05, 0) is 43.7 Å². The van der Waals surface area contributed by atoms with Gasteiger partial charge in [-0.3, -0.25) is 19.0 Å². The molecule has 39 heavy (non-hydrogen) atoms. The molecule has 2 aromatic heterocycles. The highest BCUT2D eigenvalue weighted by atomic mass is 16.7. The van der Waals surface area contributed by atoms with E-state index >= 15 is 0 Å². The Bertz CT molecular complexity index is 1650. The fraction of sp³-hybridized carbons (Fsp3) is 0.286. The first kappa shape index (κ1) is 25.8. The van der Waals surface area contributed by atoms with Crippen LogP contribution in [0.25, 0.3) is 10.9 Å². The standard InChI is InChI=1S/C28H27N3O8/c1-16-7-19(17(2)31(16)11-18-5-6-23-26(8-18)39-15-38-23)22(32)13-37-27(33)12-30-14-29-21-10-25(36-4)24(35-3)9-20(21)28(30)34/h5-10,14H,11-13,15H2,1-4H3. The van der Waals surface area contributed by atoms with Crippen molar-refractivity contribution in [1.82, 2.24) is 14.1 Å². The van der Waals surface area contributed by atoms with E-state index < -0.39 is 24.7 Å². The molecule has 0 fully saturated rings. The number of carbonyl (C=O) groups excluding carboxylic acids is 2. The Morgan fingerprint density at radius 1 is 1.00 bits per heavy atom. The van der Waals surface area contributed by atoms with Crippen LogP contribution in [0.5, 0.6) is 23.0 Å². The Kier molecular flexibility index (Phi) is 6.97. The number of benzene rings is 2. The van der Waals surface area contributed by atoms with Gasteiger partial charge in [-0.25, -0.2) is 4.98 Å². The molecule has 0 saturated heterocycles. The number of aromatic nitrogens is 3. The molecule has 0 N–H and O–H groups in total. The van der Waals surface area contributed by atoms with Crippen LogP contribution >= 0.6 is 0 Å². The third-order valence-electron chi connectivity index (χ3n) is 6.64. The highest BCUT2D eigenvalue weighted by Gasteiger charge is 2.20. The number of esters is 1. The van der Waals surface area contributed by atoms with Crippen LogP contribution in [-0.4, -0.2) is 53.5 Å². The average molecular weight is 534 g/mol. The summed E-state index contributed by atoms with van der Waals surface area (Å²) >= 11 is 0. The molecule has 1 aliphatic heterocycles. The van der Waals surface area contributed by atoms with Crippen molar-refractivity contribution in [2.75, 3.05) is 27.6 Å². The Balaban J connectivity index is 1.25. The van der Waals surface area contributed by atoms with Crippen molar-refractivity contribution >= 4 is 22.7 Å². The molecule has 0 radical (unpaired) electrons. The number of fused-ring (bicyclic) bond motifs is 2. The minimum absolute atomic E-state index is 0.202. The summed E-state index contributed by atoms with van der Waals surface area (Å²) < 4.78 is 29.7. The molecule has 202 valence electrons. The summed E-state index contributed by atoms with van der Waals surface area (Å²) in [5.74, 6) is 1.13. The molecule has 4 aromatic rings. The summed E-state index contributed by atoms with van der Waals surface area (Å²) in [6.45, 7) is 3.65. The second-order valence-electron chi connectivity index (χ2n) is 9.04. The molecule has 5 rings (SSSR count). The fourth-order valence-electron chi connectivity index (χ4n) is 4.56. The van der Waals surface area contributed by atoms with Crippen molar-refractivity contribution in [3.8, 4) is 23.0 Å². The zero-order valence-electron chi connectivity index (χ0n) is 22.0. The van der Waals surface area contributed by atoms with Gasteiger partial charge in [-0.2, -0.15) is 0 Å². The zero-order chi connectivity index (χ0) is 27.7. The molecule has 0 unspecified atom stereocenters. The lowest BCUT2D eigenvalue weighted by Gasteiger charge is -2.11. The quantitative estimate of drug-likeness (QED) is 0.236. The van der Waals surface area contributed by atoms with E-state index in [0.717, 1.165) is 21.5 Å². The molecular weight excluding hydrogens is 506 g/mol.